The highest BCUT2D eigenvalue weighted by atomic mass is 35.5. The molecule has 0 radical (unpaired) electrons. The second kappa shape index (κ2) is 6.53. The van der Waals surface area contributed by atoms with Gasteiger partial charge in [-0.2, -0.15) is 5.10 Å². The van der Waals surface area contributed by atoms with Gasteiger partial charge in [-0.05, 0) is 37.1 Å². The van der Waals surface area contributed by atoms with Crippen molar-refractivity contribution in [1.29, 1.82) is 0 Å². The highest BCUT2D eigenvalue weighted by molar-refractivity contribution is 6.33. The van der Waals surface area contributed by atoms with Crippen molar-refractivity contribution >= 4 is 28.8 Å². The minimum Gasteiger partial charge on any atom is -0.367 e. The van der Waals surface area contributed by atoms with Gasteiger partial charge in [0.25, 0.3) is 5.91 Å². The zero-order valence-electron chi connectivity index (χ0n) is 14.9. The Balaban J connectivity index is 1.30. The van der Waals surface area contributed by atoms with Crippen molar-refractivity contribution in [3.63, 3.8) is 0 Å². The first-order valence-corrected chi connectivity index (χ1v) is 9.72. The summed E-state index contributed by atoms with van der Waals surface area (Å²) in [7, 11) is 0. The predicted octanol–water partition coefficient (Wildman–Crippen LogP) is 3.22. The number of para-hydroxylation sites is 1. The first-order valence-electron chi connectivity index (χ1n) is 9.34. The number of anilines is 1. The molecule has 0 N–H and O–H groups in total. The van der Waals surface area contributed by atoms with E-state index in [1.165, 1.54) is 12.8 Å². The number of fused-ring (bicyclic) bond motifs is 1. The van der Waals surface area contributed by atoms with Crippen molar-refractivity contribution in [1.82, 2.24) is 19.5 Å². The fourth-order valence-electron chi connectivity index (χ4n) is 3.61. The van der Waals surface area contributed by atoms with Gasteiger partial charge in [-0.15, -0.1) is 0 Å². The van der Waals surface area contributed by atoms with Crippen LogP contribution in [0.1, 0.15) is 34.9 Å². The fourth-order valence-corrected chi connectivity index (χ4v) is 3.87. The van der Waals surface area contributed by atoms with Crippen LogP contribution in [0.5, 0.6) is 0 Å². The largest absolute Gasteiger partial charge is 0.367 e. The lowest BCUT2D eigenvalue weighted by Gasteiger charge is -2.36. The number of halogens is 1. The second-order valence-corrected chi connectivity index (χ2v) is 7.60. The quantitative estimate of drug-likeness (QED) is 0.699. The maximum Gasteiger partial charge on any atom is 0.274 e. The van der Waals surface area contributed by atoms with E-state index in [0.717, 1.165) is 35.1 Å². The molecule has 1 aromatic carbocycles. The fraction of sp³-hybridized carbons (Fsp3) is 0.350. The summed E-state index contributed by atoms with van der Waals surface area (Å²) in [5.41, 5.74) is 3.38. The lowest BCUT2D eigenvalue weighted by Crippen LogP contribution is -2.49. The van der Waals surface area contributed by atoms with Crippen LogP contribution in [0.15, 0.2) is 42.6 Å². The Hall–Kier alpha value is -2.60. The molecule has 27 heavy (non-hydrogen) atoms. The van der Waals surface area contributed by atoms with Crippen molar-refractivity contribution in [2.24, 2.45) is 0 Å². The minimum atomic E-state index is -0.0302. The molecular formula is C20H20ClN5O. The molecule has 1 amide bonds. The maximum atomic E-state index is 12.9. The Labute approximate surface area is 162 Å². The average Bonchev–Trinajstić information content (AvgIpc) is 3.47. The second-order valence-electron chi connectivity index (χ2n) is 7.19. The summed E-state index contributed by atoms with van der Waals surface area (Å²) in [5.74, 6) is 0.543. The van der Waals surface area contributed by atoms with Gasteiger partial charge in [0.2, 0.25) is 0 Å². The number of piperazine rings is 1. The SMILES string of the molecule is O=C(c1ccc2nc(C3CC3)cn2n1)N1CCN(c2ccccc2Cl)CC1. The van der Waals surface area contributed by atoms with E-state index in [-0.39, 0.29) is 5.91 Å². The van der Waals surface area contributed by atoms with Crippen LogP contribution in [0.25, 0.3) is 5.65 Å². The van der Waals surface area contributed by atoms with E-state index in [1.807, 2.05) is 41.4 Å². The molecular weight excluding hydrogens is 362 g/mol. The molecule has 1 aliphatic heterocycles. The van der Waals surface area contributed by atoms with E-state index < -0.39 is 0 Å². The van der Waals surface area contributed by atoms with Gasteiger partial charge in [0.1, 0.15) is 5.69 Å². The minimum absolute atomic E-state index is 0.0302. The number of carbonyl (C=O) groups is 1. The molecule has 2 aromatic heterocycles. The molecule has 1 aliphatic carbocycles. The molecule has 3 aromatic rings. The van der Waals surface area contributed by atoms with Gasteiger partial charge in [-0.3, -0.25) is 4.79 Å². The summed E-state index contributed by atoms with van der Waals surface area (Å²) in [6.07, 6.45) is 4.36. The number of carbonyl (C=O) groups excluding carboxylic acids is 1. The number of nitrogens with zero attached hydrogens (tertiary/aromatic N) is 5. The van der Waals surface area contributed by atoms with Crippen molar-refractivity contribution in [2.75, 3.05) is 31.1 Å². The van der Waals surface area contributed by atoms with Gasteiger partial charge >= 0.3 is 0 Å². The van der Waals surface area contributed by atoms with E-state index >= 15 is 0 Å². The normalized spacial score (nSPS) is 17.5. The van der Waals surface area contributed by atoms with Gasteiger partial charge < -0.3 is 9.80 Å². The van der Waals surface area contributed by atoms with E-state index in [2.05, 4.69) is 15.0 Å². The summed E-state index contributed by atoms with van der Waals surface area (Å²) in [6.45, 7) is 2.82. The van der Waals surface area contributed by atoms with Gasteiger partial charge in [-0.1, -0.05) is 23.7 Å². The van der Waals surface area contributed by atoms with Crippen LogP contribution in [0.2, 0.25) is 5.02 Å². The molecule has 0 unspecified atom stereocenters. The first-order chi connectivity index (χ1) is 13.2. The molecule has 6 nitrogen and oxygen atoms in total. The van der Waals surface area contributed by atoms with Crippen molar-refractivity contribution in [3.05, 3.63) is 59.0 Å². The molecule has 2 fully saturated rings. The van der Waals surface area contributed by atoms with Crippen molar-refractivity contribution < 1.29 is 4.79 Å². The molecule has 2 aliphatic rings. The van der Waals surface area contributed by atoms with Crippen LogP contribution in [-0.4, -0.2) is 51.6 Å². The smallest absolute Gasteiger partial charge is 0.274 e. The summed E-state index contributed by atoms with van der Waals surface area (Å²) in [4.78, 5) is 21.6. The third-order valence-electron chi connectivity index (χ3n) is 5.31. The monoisotopic (exact) mass is 381 g/mol. The van der Waals surface area contributed by atoms with Crippen LogP contribution >= 0.6 is 11.6 Å². The Kier molecular flexibility index (Phi) is 4.01. The van der Waals surface area contributed by atoms with Crippen LogP contribution in [0.3, 0.4) is 0 Å². The van der Waals surface area contributed by atoms with E-state index in [9.17, 15) is 4.79 Å². The molecule has 138 valence electrons. The average molecular weight is 382 g/mol. The van der Waals surface area contributed by atoms with E-state index in [4.69, 9.17) is 11.6 Å². The maximum absolute atomic E-state index is 12.9. The summed E-state index contributed by atoms with van der Waals surface area (Å²) in [5, 5.41) is 5.25. The Morgan fingerprint density at radius 3 is 2.56 bits per heavy atom. The number of hydrogen-bond acceptors (Lipinski definition) is 4. The Morgan fingerprint density at radius 1 is 1.04 bits per heavy atom. The number of hydrogen-bond donors (Lipinski definition) is 0. The third-order valence-corrected chi connectivity index (χ3v) is 5.63. The first kappa shape index (κ1) is 16.6. The highest BCUT2D eigenvalue weighted by Gasteiger charge is 2.27. The Morgan fingerprint density at radius 2 is 1.81 bits per heavy atom. The van der Waals surface area contributed by atoms with Crippen molar-refractivity contribution in [2.45, 2.75) is 18.8 Å². The van der Waals surface area contributed by atoms with Crippen molar-refractivity contribution in [3.8, 4) is 0 Å². The molecule has 5 rings (SSSR count). The topological polar surface area (TPSA) is 53.7 Å². The predicted molar refractivity (Wildman–Crippen MR) is 105 cm³/mol. The molecule has 0 atom stereocenters. The summed E-state index contributed by atoms with van der Waals surface area (Å²) < 4.78 is 1.74. The lowest BCUT2D eigenvalue weighted by atomic mass is 10.2. The van der Waals surface area contributed by atoms with E-state index in [0.29, 0.717) is 24.7 Å². The number of rotatable bonds is 3. The summed E-state index contributed by atoms with van der Waals surface area (Å²) in [6, 6.07) is 11.5. The zero-order valence-corrected chi connectivity index (χ0v) is 15.6. The van der Waals surface area contributed by atoms with Crippen LogP contribution in [0, 0.1) is 0 Å². The molecule has 0 spiro atoms. The number of imidazole rings is 1. The van der Waals surface area contributed by atoms with Crippen LogP contribution < -0.4 is 4.90 Å². The number of amides is 1. The van der Waals surface area contributed by atoms with Gasteiger partial charge in [0, 0.05) is 32.1 Å². The standard InChI is InChI=1S/C20H20ClN5O/c21-15-3-1-2-4-18(15)24-9-11-25(12-10-24)20(27)16-7-8-19-22-17(14-5-6-14)13-26(19)23-16/h1-4,7-8,13-14H,5-6,9-12H2. The van der Waals surface area contributed by atoms with Gasteiger partial charge in [0.15, 0.2) is 5.65 Å². The Bertz CT molecular complexity index is 1000. The molecule has 7 heteroatoms. The molecule has 3 heterocycles. The van der Waals surface area contributed by atoms with Crippen LogP contribution in [-0.2, 0) is 0 Å². The van der Waals surface area contributed by atoms with Gasteiger partial charge in [-0.25, -0.2) is 9.50 Å². The molecule has 0 bridgehead atoms. The lowest BCUT2D eigenvalue weighted by molar-refractivity contribution is 0.0739. The molecule has 1 saturated heterocycles. The number of aromatic nitrogens is 3. The van der Waals surface area contributed by atoms with E-state index in [1.54, 1.807) is 10.6 Å². The molecule has 1 saturated carbocycles. The third kappa shape index (κ3) is 3.14. The zero-order chi connectivity index (χ0) is 18.4. The summed E-state index contributed by atoms with van der Waals surface area (Å²) >= 11 is 6.30. The number of benzene rings is 1. The highest BCUT2D eigenvalue weighted by Crippen LogP contribution is 2.39. The van der Waals surface area contributed by atoms with Gasteiger partial charge in [0.05, 0.1) is 22.6 Å². The van der Waals surface area contributed by atoms with Crippen LogP contribution in [0.4, 0.5) is 5.69 Å².